The quantitative estimate of drug-likeness (QED) is 0.897. The van der Waals surface area contributed by atoms with Gasteiger partial charge < -0.3 is 5.73 Å². The van der Waals surface area contributed by atoms with Gasteiger partial charge in [0.2, 0.25) is 0 Å². The van der Waals surface area contributed by atoms with Gasteiger partial charge in [0.25, 0.3) is 0 Å². The minimum atomic E-state index is 0.266. The molecule has 2 rings (SSSR count). The Labute approximate surface area is 120 Å². The monoisotopic (exact) mass is 325 g/mol. The second-order valence-electron chi connectivity index (χ2n) is 4.30. The number of rotatable bonds is 2. The molecule has 1 heterocycles. The largest absolute Gasteiger partial charge is 0.383 e. The maximum atomic E-state index is 5.97. The van der Waals surface area contributed by atoms with E-state index in [0.717, 1.165) is 15.7 Å². The normalized spacial score (nSPS) is 10.9. The first kappa shape index (κ1) is 13.3. The summed E-state index contributed by atoms with van der Waals surface area (Å²) in [7, 11) is 0. The molecular formula is C13H13BrClN3. The van der Waals surface area contributed by atoms with E-state index in [2.05, 4.69) is 39.7 Å². The standard InChI is InChI=1S/C13H13BrClN3/c1-7(2)11-10(14)12(16)18-13(17-11)8-4-3-5-9(15)6-8/h3-7H,1-2H3,(H2,16,17,18). The summed E-state index contributed by atoms with van der Waals surface area (Å²) in [6.07, 6.45) is 0. The van der Waals surface area contributed by atoms with Crippen molar-refractivity contribution in [2.45, 2.75) is 19.8 Å². The fourth-order valence-electron chi connectivity index (χ4n) is 1.62. The number of nitrogens with zero attached hydrogens (tertiary/aromatic N) is 2. The van der Waals surface area contributed by atoms with Crippen molar-refractivity contribution in [2.24, 2.45) is 0 Å². The van der Waals surface area contributed by atoms with Crippen molar-refractivity contribution in [1.82, 2.24) is 9.97 Å². The third kappa shape index (κ3) is 2.65. The number of hydrogen-bond acceptors (Lipinski definition) is 3. The molecule has 2 aromatic rings. The molecule has 3 nitrogen and oxygen atoms in total. The third-order valence-corrected chi connectivity index (χ3v) is 3.58. The van der Waals surface area contributed by atoms with Gasteiger partial charge in [-0.2, -0.15) is 0 Å². The van der Waals surface area contributed by atoms with E-state index < -0.39 is 0 Å². The highest BCUT2D eigenvalue weighted by Crippen LogP contribution is 2.30. The Kier molecular flexibility index (Phi) is 3.88. The van der Waals surface area contributed by atoms with E-state index >= 15 is 0 Å². The molecule has 0 fully saturated rings. The van der Waals surface area contributed by atoms with Gasteiger partial charge >= 0.3 is 0 Å². The van der Waals surface area contributed by atoms with Crippen LogP contribution in [0.1, 0.15) is 25.5 Å². The Hall–Kier alpha value is -1.13. The zero-order chi connectivity index (χ0) is 13.3. The van der Waals surface area contributed by atoms with E-state index in [1.54, 1.807) is 0 Å². The number of anilines is 1. The van der Waals surface area contributed by atoms with Crippen molar-refractivity contribution in [3.8, 4) is 11.4 Å². The molecule has 0 spiro atoms. The van der Waals surface area contributed by atoms with E-state index in [1.807, 2.05) is 24.3 Å². The number of hydrogen-bond donors (Lipinski definition) is 1. The second-order valence-corrected chi connectivity index (χ2v) is 5.53. The molecule has 94 valence electrons. The molecule has 0 aliphatic heterocycles. The molecule has 18 heavy (non-hydrogen) atoms. The highest BCUT2D eigenvalue weighted by molar-refractivity contribution is 9.10. The van der Waals surface area contributed by atoms with Crippen LogP contribution in [0.25, 0.3) is 11.4 Å². The smallest absolute Gasteiger partial charge is 0.161 e. The van der Waals surface area contributed by atoms with Gasteiger partial charge in [-0.3, -0.25) is 0 Å². The van der Waals surface area contributed by atoms with Crippen LogP contribution in [-0.4, -0.2) is 9.97 Å². The van der Waals surface area contributed by atoms with Crippen LogP contribution in [0.5, 0.6) is 0 Å². The molecule has 0 saturated heterocycles. The van der Waals surface area contributed by atoms with Crippen LogP contribution < -0.4 is 5.73 Å². The zero-order valence-corrected chi connectivity index (χ0v) is 12.5. The summed E-state index contributed by atoms with van der Waals surface area (Å²) < 4.78 is 0.767. The highest BCUT2D eigenvalue weighted by Gasteiger charge is 2.14. The van der Waals surface area contributed by atoms with Gasteiger partial charge in [0.05, 0.1) is 10.2 Å². The van der Waals surface area contributed by atoms with Crippen LogP contribution in [0.3, 0.4) is 0 Å². The van der Waals surface area contributed by atoms with Crippen molar-refractivity contribution in [2.75, 3.05) is 5.73 Å². The van der Waals surface area contributed by atoms with Gasteiger partial charge in [-0.05, 0) is 34.0 Å². The van der Waals surface area contributed by atoms with Gasteiger partial charge in [0.1, 0.15) is 5.82 Å². The van der Waals surface area contributed by atoms with Gasteiger partial charge in [0.15, 0.2) is 5.82 Å². The first-order valence-corrected chi connectivity index (χ1v) is 6.75. The lowest BCUT2D eigenvalue weighted by molar-refractivity contribution is 0.811. The van der Waals surface area contributed by atoms with Gasteiger partial charge in [-0.15, -0.1) is 0 Å². The molecule has 0 amide bonds. The fraction of sp³-hybridized carbons (Fsp3) is 0.231. The Morgan fingerprint density at radius 1 is 1.28 bits per heavy atom. The molecule has 5 heteroatoms. The summed E-state index contributed by atoms with van der Waals surface area (Å²) >= 11 is 9.40. The average Bonchev–Trinajstić information content (AvgIpc) is 2.32. The number of benzene rings is 1. The van der Waals surface area contributed by atoms with Crippen molar-refractivity contribution in [3.05, 3.63) is 39.5 Å². The molecular weight excluding hydrogens is 314 g/mol. The Balaban J connectivity index is 2.59. The van der Waals surface area contributed by atoms with E-state index in [9.17, 15) is 0 Å². The number of nitrogen functional groups attached to an aromatic ring is 1. The van der Waals surface area contributed by atoms with Crippen molar-refractivity contribution < 1.29 is 0 Å². The molecule has 0 aliphatic carbocycles. The summed E-state index contributed by atoms with van der Waals surface area (Å²) in [6.45, 7) is 4.13. The lowest BCUT2D eigenvalue weighted by atomic mass is 10.1. The summed E-state index contributed by atoms with van der Waals surface area (Å²) in [5.41, 5.74) is 7.67. The molecule has 0 atom stereocenters. The first-order valence-electron chi connectivity index (χ1n) is 5.58. The third-order valence-electron chi connectivity index (χ3n) is 2.53. The van der Waals surface area contributed by atoms with E-state index in [4.69, 9.17) is 17.3 Å². The molecule has 0 radical (unpaired) electrons. The Bertz CT molecular complexity index is 584. The average molecular weight is 327 g/mol. The minimum absolute atomic E-state index is 0.266. The van der Waals surface area contributed by atoms with Crippen molar-refractivity contribution in [1.29, 1.82) is 0 Å². The topological polar surface area (TPSA) is 51.8 Å². The van der Waals surface area contributed by atoms with Gasteiger partial charge in [0, 0.05) is 10.6 Å². The molecule has 0 aliphatic rings. The summed E-state index contributed by atoms with van der Waals surface area (Å²) in [6, 6.07) is 7.43. The Morgan fingerprint density at radius 2 is 2.00 bits per heavy atom. The van der Waals surface area contributed by atoms with Crippen LogP contribution in [0, 0.1) is 0 Å². The predicted molar refractivity (Wildman–Crippen MR) is 78.7 cm³/mol. The Morgan fingerprint density at radius 3 is 2.61 bits per heavy atom. The predicted octanol–water partition coefficient (Wildman–Crippen LogP) is 4.27. The van der Waals surface area contributed by atoms with Crippen LogP contribution in [-0.2, 0) is 0 Å². The minimum Gasteiger partial charge on any atom is -0.383 e. The number of halogens is 2. The molecule has 1 aromatic carbocycles. The molecule has 0 bridgehead atoms. The summed E-state index contributed by atoms with van der Waals surface area (Å²) in [5, 5.41) is 0.656. The maximum absolute atomic E-state index is 5.97. The lowest BCUT2D eigenvalue weighted by Crippen LogP contribution is -2.04. The van der Waals surface area contributed by atoms with Crippen molar-refractivity contribution in [3.63, 3.8) is 0 Å². The molecule has 0 saturated carbocycles. The summed E-state index contributed by atoms with van der Waals surface area (Å²) in [4.78, 5) is 8.84. The molecule has 0 unspecified atom stereocenters. The highest BCUT2D eigenvalue weighted by atomic mass is 79.9. The van der Waals surface area contributed by atoms with Crippen LogP contribution in [0.2, 0.25) is 5.02 Å². The zero-order valence-electron chi connectivity index (χ0n) is 10.1. The van der Waals surface area contributed by atoms with E-state index in [1.165, 1.54) is 0 Å². The SMILES string of the molecule is CC(C)c1nc(-c2cccc(Cl)c2)nc(N)c1Br. The van der Waals surface area contributed by atoms with Crippen molar-refractivity contribution >= 4 is 33.3 Å². The number of nitrogens with two attached hydrogens (primary N) is 1. The van der Waals surface area contributed by atoms with Crippen LogP contribution >= 0.6 is 27.5 Å². The molecule has 2 N–H and O–H groups in total. The van der Waals surface area contributed by atoms with Crippen LogP contribution in [0.4, 0.5) is 5.82 Å². The van der Waals surface area contributed by atoms with Gasteiger partial charge in [-0.1, -0.05) is 37.6 Å². The van der Waals surface area contributed by atoms with Crippen LogP contribution in [0.15, 0.2) is 28.7 Å². The fourth-order valence-corrected chi connectivity index (χ4v) is 2.45. The summed E-state index contributed by atoms with van der Waals surface area (Å²) in [5.74, 6) is 1.31. The lowest BCUT2D eigenvalue weighted by Gasteiger charge is -2.11. The van der Waals surface area contributed by atoms with E-state index in [0.29, 0.717) is 16.7 Å². The first-order chi connectivity index (χ1) is 8.49. The number of aromatic nitrogens is 2. The maximum Gasteiger partial charge on any atom is 0.161 e. The van der Waals surface area contributed by atoms with E-state index in [-0.39, 0.29) is 5.92 Å². The van der Waals surface area contributed by atoms with Gasteiger partial charge in [-0.25, -0.2) is 9.97 Å². The molecule has 1 aromatic heterocycles. The second kappa shape index (κ2) is 5.24.